The lowest BCUT2D eigenvalue weighted by Crippen LogP contribution is -2.41. The summed E-state index contributed by atoms with van der Waals surface area (Å²) in [5.74, 6) is 0.629. The van der Waals surface area contributed by atoms with Crippen molar-refractivity contribution in [3.8, 4) is 5.75 Å². The molecule has 0 aromatic heterocycles. The number of anilines is 1. The third kappa shape index (κ3) is 7.02. The molecule has 2 aromatic rings. The summed E-state index contributed by atoms with van der Waals surface area (Å²) in [6.07, 6.45) is 3.00. The number of carbonyl (C=O) groups excluding carboxylic acids is 3. The summed E-state index contributed by atoms with van der Waals surface area (Å²) in [6, 6.07) is 14.3. The van der Waals surface area contributed by atoms with Crippen LogP contribution in [0.4, 0.5) is 10.5 Å². The van der Waals surface area contributed by atoms with Gasteiger partial charge in [-0.25, -0.2) is 4.79 Å². The van der Waals surface area contributed by atoms with Crippen LogP contribution in [0.25, 0.3) is 0 Å². The number of rotatable bonds is 9. The van der Waals surface area contributed by atoms with E-state index in [4.69, 9.17) is 4.74 Å². The van der Waals surface area contributed by atoms with Gasteiger partial charge in [0, 0.05) is 24.7 Å². The summed E-state index contributed by atoms with van der Waals surface area (Å²) in [5.41, 5.74) is 2.50. The van der Waals surface area contributed by atoms with Crippen LogP contribution in [0.1, 0.15) is 30.4 Å². The number of nitrogens with one attached hydrogen (secondary N) is 4. The molecule has 8 nitrogen and oxygen atoms in total. The fourth-order valence-electron chi connectivity index (χ4n) is 3.09. The lowest BCUT2D eigenvalue weighted by Gasteiger charge is -2.24. The van der Waals surface area contributed by atoms with E-state index in [1.54, 1.807) is 7.11 Å². The number of hydrogen-bond acceptors (Lipinski definition) is 4. The van der Waals surface area contributed by atoms with Gasteiger partial charge < -0.3 is 26.0 Å². The molecule has 0 aliphatic heterocycles. The third-order valence-electron chi connectivity index (χ3n) is 5.18. The van der Waals surface area contributed by atoms with Gasteiger partial charge in [0.1, 0.15) is 5.75 Å². The van der Waals surface area contributed by atoms with Crippen LogP contribution in [0.5, 0.6) is 5.75 Å². The highest BCUT2D eigenvalue weighted by Gasteiger charge is 2.25. The Morgan fingerprint density at radius 3 is 2.35 bits per heavy atom. The smallest absolute Gasteiger partial charge is 0.315 e. The molecule has 31 heavy (non-hydrogen) atoms. The molecule has 1 saturated carbocycles. The number of carbonyl (C=O) groups is 3. The predicted molar refractivity (Wildman–Crippen MR) is 117 cm³/mol. The Kier molecular flexibility index (Phi) is 7.86. The van der Waals surface area contributed by atoms with Crippen molar-refractivity contribution in [2.75, 3.05) is 19.0 Å². The summed E-state index contributed by atoms with van der Waals surface area (Å²) in [5, 5.41) is 10.9. The van der Waals surface area contributed by atoms with Gasteiger partial charge in [0.05, 0.1) is 13.7 Å². The second-order valence-electron chi connectivity index (χ2n) is 7.48. The van der Waals surface area contributed by atoms with Crippen molar-refractivity contribution in [1.29, 1.82) is 0 Å². The maximum atomic E-state index is 12.1. The van der Waals surface area contributed by atoms with Gasteiger partial charge in [-0.15, -0.1) is 0 Å². The van der Waals surface area contributed by atoms with E-state index < -0.39 is 6.03 Å². The summed E-state index contributed by atoms with van der Waals surface area (Å²) in [4.78, 5) is 36.0. The van der Waals surface area contributed by atoms with Crippen LogP contribution >= 0.6 is 0 Å². The quantitative estimate of drug-likeness (QED) is 0.496. The normalized spacial score (nSPS) is 12.9. The van der Waals surface area contributed by atoms with Gasteiger partial charge in [-0.05, 0) is 48.2 Å². The van der Waals surface area contributed by atoms with Gasteiger partial charge in [-0.2, -0.15) is 0 Å². The molecule has 8 heteroatoms. The van der Waals surface area contributed by atoms with Crippen molar-refractivity contribution < 1.29 is 19.1 Å². The number of urea groups is 1. The molecule has 2 aromatic carbocycles. The lowest BCUT2D eigenvalue weighted by atomic mass is 9.85. The highest BCUT2D eigenvalue weighted by molar-refractivity contribution is 5.93. The Labute approximate surface area is 181 Å². The van der Waals surface area contributed by atoms with Crippen molar-refractivity contribution in [3.63, 3.8) is 0 Å². The molecule has 0 unspecified atom stereocenters. The van der Waals surface area contributed by atoms with Crippen molar-refractivity contribution in [1.82, 2.24) is 16.0 Å². The Morgan fingerprint density at radius 2 is 1.68 bits per heavy atom. The minimum absolute atomic E-state index is 0.0507. The molecule has 4 N–H and O–H groups in total. The molecular weight excluding hydrogens is 396 g/mol. The van der Waals surface area contributed by atoms with Crippen LogP contribution in [0.3, 0.4) is 0 Å². The Bertz CT molecular complexity index is 910. The first-order valence-corrected chi connectivity index (χ1v) is 10.3. The molecule has 1 aliphatic carbocycles. The zero-order chi connectivity index (χ0) is 22.1. The van der Waals surface area contributed by atoms with Crippen molar-refractivity contribution in [2.45, 2.75) is 32.4 Å². The van der Waals surface area contributed by atoms with E-state index >= 15 is 0 Å². The second kappa shape index (κ2) is 11.0. The number of amides is 4. The maximum absolute atomic E-state index is 12.1. The predicted octanol–water partition coefficient (Wildman–Crippen LogP) is 2.55. The molecule has 0 atom stereocenters. The Balaban J connectivity index is 1.35. The van der Waals surface area contributed by atoms with Gasteiger partial charge in [-0.1, -0.05) is 30.7 Å². The molecule has 1 fully saturated rings. The first-order chi connectivity index (χ1) is 15.0. The molecule has 1 aliphatic rings. The second-order valence-corrected chi connectivity index (χ2v) is 7.48. The minimum atomic E-state index is -0.441. The SMILES string of the molecule is COc1ccc(CNC(=O)CNC(=O)NCc2cccc(NC(=O)C3CCC3)c2)cc1. The van der Waals surface area contributed by atoms with Crippen LogP contribution in [-0.2, 0) is 22.7 Å². The largest absolute Gasteiger partial charge is 0.497 e. The minimum Gasteiger partial charge on any atom is -0.497 e. The Hall–Kier alpha value is -3.55. The van der Waals surface area contributed by atoms with Gasteiger partial charge in [0.25, 0.3) is 0 Å². The maximum Gasteiger partial charge on any atom is 0.315 e. The summed E-state index contributed by atoms with van der Waals surface area (Å²) in [6.45, 7) is 0.525. The van der Waals surface area contributed by atoms with Crippen LogP contribution in [0, 0.1) is 5.92 Å². The molecule has 0 heterocycles. The molecule has 164 valence electrons. The van der Waals surface area contributed by atoms with E-state index in [2.05, 4.69) is 21.3 Å². The van der Waals surface area contributed by atoms with Gasteiger partial charge in [0.15, 0.2) is 0 Å². The topological polar surface area (TPSA) is 109 Å². The molecule has 0 bridgehead atoms. The standard InChI is InChI=1S/C23H28N4O4/c1-31-20-10-8-16(9-11-20)13-24-21(28)15-26-23(30)25-14-17-4-2-7-19(12-17)27-22(29)18-5-3-6-18/h2,4,7-12,18H,3,5-6,13-15H2,1H3,(H,24,28)(H,27,29)(H2,25,26,30). The average Bonchev–Trinajstić information content (AvgIpc) is 2.74. The number of ether oxygens (including phenoxy) is 1. The van der Waals surface area contributed by atoms with E-state index in [-0.39, 0.29) is 30.8 Å². The van der Waals surface area contributed by atoms with Gasteiger partial charge in [0.2, 0.25) is 11.8 Å². The van der Waals surface area contributed by atoms with Crippen molar-refractivity contribution in [2.24, 2.45) is 5.92 Å². The summed E-state index contributed by atoms with van der Waals surface area (Å²) >= 11 is 0. The van der Waals surface area contributed by atoms with E-state index in [0.29, 0.717) is 6.54 Å². The van der Waals surface area contributed by atoms with Crippen molar-refractivity contribution >= 4 is 23.5 Å². The first kappa shape index (κ1) is 22.1. The first-order valence-electron chi connectivity index (χ1n) is 10.3. The number of benzene rings is 2. The molecule has 4 amide bonds. The highest BCUT2D eigenvalue weighted by atomic mass is 16.5. The monoisotopic (exact) mass is 424 g/mol. The zero-order valence-electron chi connectivity index (χ0n) is 17.6. The summed E-state index contributed by atoms with van der Waals surface area (Å²) in [7, 11) is 1.60. The van der Waals surface area contributed by atoms with Crippen LogP contribution in [0.15, 0.2) is 48.5 Å². The third-order valence-corrected chi connectivity index (χ3v) is 5.18. The van der Waals surface area contributed by atoms with E-state index in [0.717, 1.165) is 41.8 Å². The molecule has 0 spiro atoms. The molecule has 0 radical (unpaired) electrons. The van der Waals surface area contributed by atoms with Gasteiger partial charge in [-0.3, -0.25) is 9.59 Å². The Morgan fingerprint density at radius 1 is 0.935 bits per heavy atom. The average molecular weight is 425 g/mol. The highest BCUT2D eigenvalue weighted by Crippen LogP contribution is 2.27. The number of hydrogen-bond donors (Lipinski definition) is 4. The van der Waals surface area contributed by atoms with Crippen LogP contribution in [0.2, 0.25) is 0 Å². The van der Waals surface area contributed by atoms with Crippen LogP contribution in [-0.4, -0.2) is 31.5 Å². The van der Waals surface area contributed by atoms with E-state index in [9.17, 15) is 14.4 Å². The lowest BCUT2D eigenvalue weighted by molar-refractivity contribution is -0.122. The summed E-state index contributed by atoms with van der Waals surface area (Å²) < 4.78 is 5.09. The number of methoxy groups -OCH3 is 1. The van der Waals surface area contributed by atoms with Gasteiger partial charge >= 0.3 is 6.03 Å². The van der Waals surface area contributed by atoms with Crippen molar-refractivity contribution in [3.05, 3.63) is 59.7 Å². The van der Waals surface area contributed by atoms with E-state index in [1.807, 2.05) is 48.5 Å². The molecular formula is C23H28N4O4. The fraction of sp³-hybridized carbons (Fsp3) is 0.348. The van der Waals surface area contributed by atoms with E-state index in [1.165, 1.54) is 0 Å². The molecule has 3 rings (SSSR count). The fourth-order valence-corrected chi connectivity index (χ4v) is 3.09. The zero-order valence-corrected chi connectivity index (χ0v) is 17.6. The van der Waals surface area contributed by atoms with Crippen LogP contribution < -0.4 is 26.0 Å². The molecule has 0 saturated heterocycles.